The fourth-order valence-corrected chi connectivity index (χ4v) is 3.40. The topological polar surface area (TPSA) is 58.2 Å². The highest BCUT2D eigenvalue weighted by molar-refractivity contribution is 7.85. The second kappa shape index (κ2) is 5.82. The van der Waals surface area contributed by atoms with E-state index in [1.807, 2.05) is 0 Å². The molecule has 2 aliphatic rings. The number of rotatable bonds is 2. The summed E-state index contributed by atoms with van der Waals surface area (Å²) in [6.45, 7) is 0.939. The van der Waals surface area contributed by atoms with Crippen LogP contribution in [0.2, 0.25) is 0 Å². The summed E-state index contributed by atoms with van der Waals surface area (Å²) >= 11 is 0. The van der Waals surface area contributed by atoms with Crippen LogP contribution in [0.15, 0.2) is 0 Å². The lowest BCUT2D eigenvalue weighted by Gasteiger charge is -2.15. The zero-order chi connectivity index (χ0) is 9.97. The van der Waals surface area contributed by atoms with Crippen LogP contribution < -0.4 is 10.6 Å². The van der Waals surface area contributed by atoms with E-state index in [4.69, 9.17) is 0 Å². The van der Waals surface area contributed by atoms with E-state index in [9.17, 15) is 9.00 Å². The van der Waals surface area contributed by atoms with Crippen LogP contribution >= 0.6 is 12.4 Å². The highest BCUT2D eigenvalue weighted by atomic mass is 35.5. The van der Waals surface area contributed by atoms with Gasteiger partial charge in [-0.2, -0.15) is 0 Å². The lowest BCUT2D eigenvalue weighted by Crippen LogP contribution is -2.45. The van der Waals surface area contributed by atoms with Crippen LogP contribution in [0.1, 0.15) is 19.3 Å². The highest BCUT2D eigenvalue weighted by Crippen LogP contribution is 2.10. The van der Waals surface area contributed by atoms with Crippen molar-refractivity contribution < 1.29 is 9.00 Å². The molecule has 0 aromatic heterocycles. The first-order valence-corrected chi connectivity index (χ1v) is 6.63. The van der Waals surface area contributed by atoms with E-state index in [1.165, 1.54) is 0 Å². The molecule has 0 saturated carbocycles. The maximum Gasteiger partial charge on any atom is 0.237 e. The number of nitrogens with one attached hydrogen (secondary N) is 2. The van der Waals surface area contributed by atoms with Crippen LogP contribution in [0.4, 0.5) is 0 Å². The van der Waals surface area contributed by atoms with Gasteiger partial charge in [-0.25, -0.2) is 0 Å². The molecule has 0 spiro atoms. The first kappa shape index (κ1) is 12.9. The third-order valence-corrected chi connectivity index (χ3v) is 4.27. The van der Waals surface area contributed by atoms with Gasteiger partial charge in [-0.1, -0.05) is 0 Å². The van der Waals surface area contributed by atoms with Crippen LogP contribution in [0.5, 0.6) is 0 Å². The molecule has 3 atom stereocenters. The standard InChI is InChI=1S/C9H16N2O2S.ClH/c12-9(8-2-1-4-10-8)11-7-3-5-14(13)6-7;/h7-8,10H,1-6H2,(H,11,12);1H/t7?,8-,14?;/m0./s1. The van der Waals surface area contributed by atoms with Gasteiger partial charge in [0.2, 0.25) is 5.91 Å². The minimum atomic E-state index is -0.706. The van der Waals surface area contributed by atoms with E-state index in [0.717, 1.165) is 31.6 Å². The summed E-state index contributed by atoms with van der Waals surface area (Å²) in [7, 11) is -0.706. The smallest absolute Gasteiger partial charge is 0.237 e. The zero-order valence-corrected chi connectivity index (χ0v) is 10.2. The SMILES string of the molecule is Cl.O=C(NC1CCS(=O)C1)[C@@H]1CCCN1. The Morgan fingerprint density at radius 3 is 2.73 bits per heavy atom. The van der Waals surface area contributed by atoms with Crippen molar-refractivity contribution in [3.63, 3.8) is 0 Å². The fraction of sp³-hybridized carbons (Fsp3) is 0.889. The van der Waals surface area contributed by atoms with Gasteiger partial charge in [0.15, 0.2) is 0 Å². The zero-order valence-electron chi connectivity index (χ0n) is 8.53. The molecule has 4 nitrogen and oxygen atoms in total. The first-order chi connectivity index (χ1) is 6.75. The molecule has 2 heterocycles. The largest absolute Gasteiger partial charge is 0.351 e. The minimum absolute atomic E-state index is 0. The molecule has 88 valence electrons. The van der Waals surface area contributed by atoms with Gasteiger partial charge in [0.25, 0.3) is 0 Å². The quantitative estimate of drug-likeness (QED) is 0.716. The van der Waals surface area contributed by atoms with E-state index in [1.54, 1.807) is 0 Å². The van der Waals surface area contributed by atoms with Gasteiger partial charge < -0.3 is 10.6 Å². The summed E-state index contributed by atoms with van der Waals surface area (Å²) in [6.07, 6.45) is 2.88. The second-order valence-electron chi connectivity index (χ2n) is 3.95. The van der Waals surface area contributed by atoms with Gasteiger partial charge in [0.05, 0.1) is 6.04 Å². The molecule has 2 fully saturated rings. The number of amides is 1. The lowest BCUT2D eigenvalue weighted by molar-refractivity contribution is -0.123. The molecule has 2 N–H and O–H groups in total. The first-order valence-electron chi connectivity index (χ1n) is 5.14. The summed E-state index contributed by atoms with van der Waals surface area (Å²) in [5.74, 6) is 1.47. The molecule has 6 heteroatoms. The van der Waals surface area contributed by atoms with E-state index < -0.39 is 10.8 Å². The van der Waals surface area contributed by atoms with Crippen LogP contribution in [0, 0.1) is 0 Å². The second-order valence-corrected chi connectivity index (χ2v) is 5.57. The molecule has 0 radical (unpaired) electrons. The Labute approximate surface area is 98.4 Å². The number of hydrogen-bond acceptors (Lipinski definition) is 3. The van der Waals surface area contributed by atoms with E-state index in [0.29, 0.717) is 5.75 Å². The third kappa shape index (κ3) is 3.43. The molecule has 15 heavy (non-hydrogen) atoms. The highest BCUT2D eigenvalue weighted by Gasteiger charge is 2.27. The molecular weight excluding hydrogens is 236 g/mol. The van der Waals surface area contributed by atoms with Gasteiger partial charge in [-0.15, -0.1) is 12.4 Å². The Bertz CT molecular complexity index is 256. The number of carbonyl (C=O) groups is 1. The Balaban J connectivity index is 0.00000112. The third-order valence-electron chi connectivity index (χ3n) is 2.80. The van der Waals surface area contributed by atoms with Crippen molar-refractivity contribution in [1.82, 2.24) is 10.6 Å². The molecule has 2 aliphatic heterocycles. The molecule has 0 bridgehead atoms. The summed E-state index contributed by atoms with van der Waals surface area (Å²) in [6, 6.07) is 0.134. The fourth-order valence-electron chi connectivity index (χ4n) is 1.99. The molecular formula is C9H17ClN2O2S. The summed E-state index contributed by atoms with van der Waals surface area (Å²) in [4.78, 5) is 11.6. The molecule has 2 unspecified atom stereocenters. The average Bonchev–Trinajstić information content (AvgIpc) is 2.75. The summed E-state index contributed by atoms with van der Waals surface area (Å²) < 4.78 is 11.1. The van der Waals surface area contributed by atoms with Gasteiger partial charge in [0, 0.05) is 28.3 Å². The Morgan fingerprint density at radius 1 is 1.40 bits per heavy atom. The van der Waals surface area contributed by atoms with Gasteiger partial charge in [-0.3, -0.25) is 9.00 Å². The normalized spacial score (nSPS) is 34.8. The maximum atomic E-state index is 11.6. The van der Waals surface area contributed by atoms with E-state index in [-0.39, 0.29) is 30.4 Å². The van der Waals surface area contributed by atoms with Gasteiger partial charge >= 0.3 is 0 Å². The van der Waals surface area contributed by atoms with Crippen molar-refractivity contribution in [1.29, 1.82) is 0 Å². The predicted molar refractivity (Wildman–Crippen MR) is 62.7 cm³/mol. The average molecular weight is 253 g/mol. The van der Waals surface area contributed by atoms with Crippen LogP contribution in [-0.4, -0.2) is 40.3 Å². The molecule has 0 aromatic rings. The van der Waals surface area contributed by atoms with Crippen molar-refractivity contribution in [3.05, 3.63) is 0 Å². The Kier molecular flexibility index (Phi) is 5.02. The van der Waals surface area contributed by atoms with Crippen molar-refractivity contribution in [2.45, 2.75) is 31.3 Å². The lowest BCUT2D eigenvalue weighted by atomic mass is 10.2. The van der Waals surface area contributed by atoms with Crippen LogP contribution in [0.25, 0.3) is 0 Å². The van der Waals surface area contributed by atoms with E-state index in [2.05, 4.69) is 10.6 Å². The predicted octanol–water partition coefficient (Wildman–Crippen LogP) is -0.203. The number of hydrogen-bond donors (Lipinski definition) is 2. The molecule has 1 amide bonds. The Morgan fingerprint density at radius 2 is 2.20 bits per heavy atom. The molecule has 0 aliphatic carbocycles. The van der Waals surface area contributed by atoms with Crippen molar-refractivity contribution >= 4 is 29.1 Å². The van der Waals surface area contributed by atoms with Crippen molar-refractivity contribution in [2.24, 2.45) is 0 Å². The summed E-state index contributed by atoms with van der Waals surface area (Å²) in [5, 5.41) is 6.11. The van der Waals surface area contributed by atoms with E-state index >= 15 is 0 Å². The molecule has 2 saturated heterocycles. The van der Waals surface area contributed by atoms with Crippen molar-refractivity contribution in [2.75, 3.05) is 18.1 Å². The summed E-state index contributed by atoms with van der Waals surface area (Å²) in [5.41, 5.74) is 0. The van der Waals surface area contributed by atoms with Crippen molar-refractivity contribution in [3.8, 4) is 0 Å². The number of carbonyl (C=O) groups excluding carboxylic acids is 1. The van der Waals surface area contributed by atoms with Gasteiger partial charge in [-0.05, 0) is 25.8 Å². The van der Waals surface area contributed by atoms with Crippen LogP contribution in [0.3, 0.4) is 0 Å². The maximum absolute atomic E-state index is 11.6. The molecule has 0 aromatic carbocycles. The minimum Gasteiger partial charge on any atom is -0.351 e. The monoisotopic (exact) mass is 252 g/mol. The van der Waals surface area contributed by atoms with Gasteiger partial charge in [0.1, 0.15) is 0 Å². The van der Waals surface area contributed by atoms with Crippen LogP contribution in [-0.2, 0) is 15.6 Å². The Hall–Kier alpha value is -0.130. The molecule has 2 rings (SSSR count). The number of halogens is 1.